The zero-order valence-corrected chi connectivity index (χ0v) is 9.99. The summed E-state index contributed by atoms with van der Waals surface area (Å²) in [4.78, 5) is 0. The van der Waals surface area contributed by atoms with Gasteiger partial charge in [0.05, 0.1) is 0 Å². The minimum absolute atomic E-state index is 1.38. The van der Waals surface area contributed by atoms with Crippen molar-refractivity contribution in [2.75, 3.05) is 0 Å². The van der Waals surface area contributed by atoms with Crippen molar-refractivity contribution in [2.45, 2.75) is 34.6 Å². The molecule has 11 heavy (non-hydrogen) atoms. The van der Waals surface area contributed by atoms with Gasteiger partial charge in [-0.25, -0.2) is 0 Å². The predicted octanol–water partition coefficient (Wildman–Crippen LogP) is 3.03. The van der Waals surface area contributed by atoms with Gasteiger partial charge in [-0.05, 0) is 0 Å². The van der Waals surface area contributed by atoms with Gasteiger partial charge < -0.3 is 0 Å². The van der Waals surface area contributed by atoms with E-state index in [0.717, 1.165) is 0 Å². The Bertz CT molecular complexity index is 219. The standard InChI is InChI=1S/C10H16.Mo/c1-6-8(3)10(5)9(4)7-2;/h6H,1-5H3;. The topological polar surface area (TPSA) is 0 Å². The van der Waals surface area contributed by atoms with E-state index in [9.17, 15) is 0 Å². The van der Waals surface area contributed by atoms with Gasteiger partial charge in [0.2, 0.25) is 0 Å². The van der Waals surface area contributed by atoms with Crippen LogP contribution >= 0.6 is 0 Å². The molecule has 0 unspecified atom stereocenters. The van der Waals surface area contributed by atoms with Gasteiger partial charge in [0.1, 0.15) is 0 Å². The van der Waals surface area contributed by atoms with Crippen molar-refractivity contribution in [3.8, 4) is 0 Å². The maximum absolute atomic E-state index is 2.18. The second-order valence-corrected chi connectivity index (χ2v) is 4.28. The van der Waals surface area contributed by atoms with Crippen LogP contribution in [0.15, 0.2) is 22.8 Å². The number of hydrogen-bond donors (Lipinski definition) is 0. The summed E-state index contributed by atoms with van der Waals surface area (Å²) in [6.07, 6.45) is 2.16. The molecule has 0 aliphatic carbocycles. The van der Waals surface area contributed by atoms with E-state index < -0.39 is 0 Å². The van der Waals surface area contributed by atoms with Crippen LogP contribution in [0.1, 0.15) is 34.6 Å². The van der Waals surface area contributed by atoms with Crippen LogP contribution in [0.2, 0.25) is 0 Å². The van der Waals surface area contributed by atoms with Crippen LogP contribution in [-0.4, -0.2) is 3.90 Å². The fourth-order valence-corrected chi connectivity index (χ4v) is 1.15. The average Bonchev–Trinajstić information content (AvgIpc) is 2.00. The number of hydrogen-bond acceptors (Lipinski definition) is 0. The van der Waals surface area contributed by atoms with Gasteiger partial charge in [0, 0.05) is 0 Å². The maximum atomic E-state index is 2.18. The molecule has 0 aromatic rings. The Labute approximate surface area is 80.8 Å². The third-order valence-corrected chi connectivity index (χ3v) is 2.87. The fourth-order valence-electron chi connectivity index (χ4n) is 0.776. The van der Waals surface area contributed by atoms with Crippen molar-refractivity contribution in [2.24, 2.45) is 0 Å². The van der Waals surface area contributed by atoms with Crippen LogP contribution in [0.5, 0.6) is 0 Å². The molecule has 62 valence electrons. The molecular weight excluding hydrogens is 216 g/mol. The summed E-state index contributed by atoms with van der Waals surface area (Å²) in [5.74, 6) is 0. The first-order valence-corrected chi connectivity index (χ1v) is 4.82. The first kappa shape index (κ1) is 11.0. The van der Waals surface area contributed by atoms with Crippen LogP contribution < -0.4 is 0 Å². The summed E-state index contributed by atoms with van der Waals surface area (Å²) in [7, 11) is 0. The Balaban J connectivity index is 4.81. The number of allylic oxidation sites excluding steroid dienone is 4. The van der Waals surface area contributed by atoms with E-state index in [2.05, 4.69) is 60.0 Å². The molecule has 0 amide bonds. The first-order chi connectivity index (χ1) is 5.00. The third-order valence-electron chi connectivity index (χ3n) is 2.12. The monoisotopic (exact) mass is 234 g/mol. The molecule has 0 heterocycles. The molecule has 0 spiro atoms. The zero-order valence-electron chi connectivity index (χ0n) is 7.99. The summed E-state index contributed by atoms with van der Waals surface area (Å²) in [6.45, 7) is 10.8. The van der Waals surface area contributed by atoms with E-state index >= 15 is 0 Å². The Morgan fingerprint density at radius 1 is 1.00 bits per heavy atom. The van der Waals surface area contributed by atoms with Crippen molar-refractivity contribution in [1.82, 2.24) is 0 Å². The molecule has 0 aromatic heterocycles. The molecule has 0 saturated carbocycles. The van der Waals surface area contributed by atoms with E-state index in [1.54, 1.807) is 0 Å². The molecule has 0 aromatic carbocycles. The van der Waals surface area contributed by atoms with Crippen molar-refractivity contribution in [3.05, 3.63) is 22.8 Å². The van der Waals surface area contributed by atoms with Gasteiger partial charge >= 0.3 is 80.7 Å². The summed E-state index contributed by atoms with van der Waals surface area (Å²) in [5, 5.41) is 0. The van der Waals surface area contributed by atoms with Crippen LogP contribution in [0, 0.1) is 0 Å². The van der Waals surface area contributed by atoms with Crippen molar-refractivity contribution in [1.29, 1.82) is 0 Å². The predicted molar refractivity (Wildman–Crippen MR) is 48.5 cm³/mol. The van der Waals surface area contributed by atoms with Crippen molar-refractivity contribution in [3.63, 3.8) is 0 Å². The van der Waals surface area contributed by atoms with Gasteiger partial charge in [-0.15, -0.1) is 0 Å². The third kappa shape index (κ3) is 3.29. The van der Waals surface area contributed by atoms with E-state index in [0.29, 0.717) is 0 Å². The van der Waals surface area contributed by atoms with Gasteiger partial charge in [0.15, 0.2) is 0 Å². The fraction of sp³-hybridized carbons (Fsp3) is 0.500. The van der Waals surface area contributed by atoms with E-state index in [1.807, 2.05) is 0 Å². The molecule has 0 N–H and O–H groups in total. The normalized spacial score (nSPS) is 14.5. The van der Waals surface area contributed by atoms with Crippen molar-refractivity contribution < 1.29 is 19.4 Å². The summed E-state index contributed by atoms with van der Waals surface area (Å²) in [5.41, 5.74) is 4.21. The Morgan fingerprint density at radius 3 is 1.73 bits per heavy atom. The van der Waals surface area contributed by atoms with Gasteiger partial charge in [0.25, 0.3) is 0 Å². The van der Waals surface area contributed by atoms with Crippen LogP contribution in [0.3, 0.4) is 0 Å². The molecular formula is C10H16Mo. The molecule has 0 aliphatic heterocycles. The minimum atomic E-state index is 1.38. The number of rotatable bonds is 2. The van der Waals surface area contributed by atoms with E-state index in [1.165, 1.54) is 20.6 Å². The second kappa shape index (κ2) is 4.82. The van der Waals surface area contributed by atoms with Crippen LogP contribution in [-0.2, 0) is 19.4 Å². The van der Waals surface area contributed by atoms with Crippen LogP contribution in [0.4, 0.5) is 0 Å². The molecule has 0 bridgehead atoms. The molecule has 0 radical (unpaired) electrons. The Hall–Kier alpha value is 0.0383. The Kier molecular flexibility index (Phi) is 4.84. The summed E-state index contributed by atoms with van der Waals surface area (Å²) >= 11 is 2.08. The quantitative estimate of drug-likeness (QED) is 0.507. The molecule has 0 aliphatic rings. The molecule has 0 atom stereocenters. The molecule has 1 heteroatoms. The van der Waals surface area contributed by atoms with E-state index in [-0.39, 0.29) is 0 Å². The van der Waals surface area contributed by atoms with Gasteiger partial charge in [-0.1, -0.05) is 0 Å². The zero-order chi connectivity index (χ0) is 9.02. The van der Waals surface area contributed by atoms with Gasteiger partial charge in [-0.3, -0.25) is 0 Å². The molecule has 0 fully saturated rings. The van der Waals surface area contributed by atoms with Crippen molar-refractivity contribution >= 4 is 3.90 Å². The summed E-state index contributed by atoms with van der Waals surface area (Å²) in [6, 6.07) is 0. The Morgan fingerprint density at radius 2 is 1.45 bits per heavy atom. The van der Waals surface area contributed by atoms with Crippen LogP contribution in [0.25, 0.3) is 0 Å². The average molecular weight is 232 g/mol. The second-order valence-electron chi connectivity index (χ2n) is 2.78. The van der Waals surface area contributed by atoms with E-state index in [4.69, 9.17) is 0 Å². The summed E-state index contributed by atoms with van der Waals surface area (Å²) < 4.78 is 1.42. The first-order valence-electron chi connectivity index (χ1n) is 3.82. The molecule has 0 nitrogen and oxygen atoms in total. The molecule has 0 saturated heterocycles. The van der Waals surface area contributed by atoms with Gasteiger partial charge in [-0.2, -0.15) is 0 Å². The SMILES string of the molecule is CC=C(C)C(C)=C(C)[C](C)=[Mo]. The molecule has 0 rings (SSSR count).